The van der Waals surface area contributed by atoms with Crippen molar-refractivity contribution < 1.29 is 13.3 Å². The van der Waals surface area contributed by atoms with Crippen molar-refractivity contribution in [2.75, 3.05) is 6.54 Å². The smallest absolute Gasteiger partial charge is 0.270 e. The van der Waals surface area contributed by atoms with Crippen LogP contribution in [0, 0.1) is 10.1 Å². The zero-order chi connectivity index (χ0) is 18.6. The minimum Gasteiger partial charge on any atom is -0.323 e. The maximum atomic E-state index is 12.3. The summed E-state index contributed by atoms with van der Waals surface area (Å²) in [6.45, 7) is 4.16. The number of nitro groups is 1. The lowest BCUT2D eigenvalue weighted by atomic mass is 9.99. The first-order chi connectivity index (χ1) is 11.7. The highest BCUT2D eigenvalue weighted by atomic mass is 32.2. The van der Waals surface area contributed by atoms with Gasteiger partial charge in [-0.15, -0.1) is 0 Å². The summed E-state index contributed by atoms with van der Waals surface area (Å²) in [7, 11) is -3.88. The quantitative estimate of drug-likeness (QED) is 0.579. The van der Waals surface area contributed by atoms with Crippen molar-refractivity contribution >= 4 is 15.7 Å². The van der Waals surface area contributed by atoms with Crippen LogP contribution in [0.1, 0.15) is 36.9 Å². The summed E-state index contributed by atoms with van der Waals surface area (Å²) in [5, 5.41) is 10.8. The van der Waals surface area contributed by atoms with Crippen LogP contribution in [0.5, 0.6) is 0 Å². The second-order valence-corrected chi connectivity index (χ2v) is 7.80. The Bertz CT molecular complexity index is 848. The molecule has 0 saturated heterocycles. The average Bonchev–Trinajstić information content (AvgIpc) is 2.60. The molecule has 2 rings (SSSR count). The summed E-state index contributed by atoms with van der Waals surface area (Å²) < 4.78 is 27.0. The minimum atomic E-state index is -3.88. The molecule has 134 valence electrons. The normalized spacial score (nSPS) is 13.0. The van der Waals surface area contributed by atoms with Gasteiger partial charge in [0.05, 0.1) is 9.82 Å². The number of nitrogens with two attached hydrogens (primary N) is 1. The number of sulfonamides is 1. The predicted octanol–water partition coefficient (Wildman–Crippen LogP) is 2.70. The SMILES string of the molecule is CC(C)c1ccc(C(N)CNS(=O)(=O)c2cccc([N+](=O)[O-])c2)cc1. The molecule has 0 bridgehead atoms. The van der Waals surface area contributed by atoms with Crippen LogP contribution < -0.4 is 10.5 Å². The Kier molecular flexibility index (Phi) is 5.89. The summed E-state index contributed by atoms with van der Waals surface area (Å²) >= 11 is 0. The van der Waals surface area contributed by atoms with Crippen LogP contribution in [0.2, 0.25) is 0 Å². The van der Waals surface area contributed by atoms with E-state index in [4.69, 9.17) is 5.73 Å². The number of benzene rings is 2. The van der Waals surface area contributed by atoms with Gasteiger partial charge in [-0.2, -0.15) is 0 Å². The Labute approximate surface area is 147 Å². The number of nitrogens with one attached hydrogen (secondary N) is 1. The van der Waals surface area contributed by atoms with Gasteiger partial charge in [-0.1, -0.05) is 44.2 Å². The van der Waals surface area contributed by atoms with Crippen molar-refractivity contribution in [3.05, 3.63) is 69.8 Å². The third-order valence-electron chi connectivity index (χ3n) is 3.86. The van der Waals surface area contributed by atoms with Gasteiger partial charge in [0.2, 0.25) is 10.0 Å². The van der Waals surface area contributed by atoms with E-state index in [1.807, 2.05) is 24.3 Å². The maximum Gasteiger partial charge on any atom is 0.270 e. The molecule has 2 aromatic rings. The highest BCUT2D eigenvalue weighted by Crippen LogP contribution is 2.19. The summed E-state index contributed by atoms with van der Waals surface area (Å²) in [5.41, 5.74) is 7.75. The molecular weight excluding hydrogens is 342 g/mol. The molecule has 1 atom stereocenters. The van der Waals surface area contributed by atoms with Crippen LogP contribution in [-0.2, 0) is 10.0 Å². The molecule has 0 saturated carbocycles. The Hall–Kier alpha value is -2.29. The van der Waals surface area contributed by atoms with Crippen molar-refractivity contribution in [1.82, 2.24) is 4.72 Å². The van der Waals surface area contributed by atoms with E-state index in [-0.39, 0.29) is 17.1 Å². The van der Waals surface area contributed by atoms with E-state index in [2.05, 4.69) is 18.6 Å². The van der Waals surface area contributed by atoms with E-state index in [1.54, 1.807) is 0 Å². The van der Waals surface area contributed by atoms with Gasteiger partial charge in [-0.25, -0.2) is 13.1 Å². The molecule has 8 heteroatoms. The second-order valence-electron chi connectivity index (χ2n) is 6.03. The van der Waals surface area contributed by atoms with E-state index in [0.717, 1.165) is 11.6 Å². The van der Waals surface area contributed by atoms with Crippen molar-refractivity contribution in [2.24, 2.45) is 5.73 Å². The van der Waals surface area contributed by atoms with Crippen LogP contribution in [0.4, 0.5) is 5.69 Å². The van der Waals surface area contributed by atoms with Crippen molar-refractivity contribution in [3.63, 3.8) is 0 Å². The minimum absolute atomic E-state index is 0.00789. The highest BCUT2D eigenvalue weighted by molar-refractivity contribution is 7.89. The summed E-state index contributed by atoms with van der Waals surface area (Å²) in [6.07, 6.45) is 0. The molecular formula is C17H21N3O4S. The van der Waals surface area contributed by atoms with Gasteiger partial charge < -0.3 is 5.73 Å². The topological polar surface area (TPSA) is 115 Å². The Morgan fingerprint density at radius 1 is 1.12 bits per heavy atom. The van der Waals surface area contributed by atoms with Gasteiger partial charge >= 0.3 is 0 Å². The predicted molar refractivity (Wildman–Crippen MR) is 95.7 cm³/mol. The lowest BCUT2D eigenvalue weighted by molar-refractivity contribution is -0.385. The molecule has 0 radical (unpaired) electrons. The molecule has 2 aromatic carbocycles. The molecule has 0 fully saturated rings. The number of hydrogen-bond donors (Lipinski definition) is 2. The molecule has 0 aliphatic heterocycles. The van der Waals surface area contributed by atoms with Crippen LogP contribution in [-0.4, -0.2) is 19.9 Å². The van der Waals surface area contributed by atoms with Crippen LogP contribution in [0.3, 0.4) is 0 Å². The molecule has 0 heterocycles. The van der Waals surface area contributed by atoms with Gasteiger partial charge in [0.1, 0.15) is 0 Å². The van der Waals surface area contributed by atoms with Crippen LogP contribution in [0.25, 0.3) is 0 Å². The molecule has 0 aliphatic rings. The molecule has 0 spiro atoms. The molecule has 7 nitrogen and oxygen atoms in total. The first-order valence-electron chi connectivity index (χ1n) is 7.80. The van der Waals surface area contributed by atoms with Crippen LogP contribution >= 0.6 is 0 Å². The lowest BCUT2D eigenvalue weighted by Crippen LogP contribution is -2.32. The van der Waals surface area contributed by atoms with Crippen molar-refractivity contribution in [1.29, 1.82) is 0 Å². The van der Waals surface area contributed by atoms with Gasteiger partial charge in [-0.05, 0) is 23.1 Å². The number of non-ortho nitro benzene ring substituents is 1. The van der Waals surface area contributed by atoms with Gasteiger partial charge in [0, 0.05) is 24.7 Å². The number of rotatable bonds is 7. The number of hydrogen-bond acceptors (Lipinski definition) is 5. The fourth-order valence-electron chi connectivity index (χ4n) is 2.29. The summed E-state index contributed by atoms with van der Waals surface area (Å²) in [5.74, 6) is 0.401. The largest absolute Gasteiger partial charge is 0.323 e. The molecule has 0 aliphatic carbocycles. The van der Waals surface area contributed by atoms with Gasteiger partial charge in [0.25, 0.3) is 5.69 Å². The van der Waals surface area contributed by atoms with Gasteiger partial charge in [-0.3, -0.25) is 10.1 Å². The molecule has 25 heavy (non-hydrogen) atoms. The average molecular weight is 363 g/mol. The van der Waals surface area contributed by atoms with E-state index >= 15 is 0 Å². The monoisotopic (exact) mass is 363 g/mol. The molecule has 0 aromatic heterocycles. The number of nitro benzene ring substituents is 1. The molecule has 3 N–H and O–H groups in total. The Morgan fingerprint density at radius 3 is 2.28 bits per heavy atom. The second kappa shape index (κ2) is 7.73. The summed E-state index contributed by atoms with van der Waals surface area (Å²) in [6, 6.07) is 12.1. The molecule has 0 amide bonds. The summed E-state index contributed by atoms with van der Waals surface area (Å²) in [4.78, 5) is 9.98. The van der Waals surface area contributed by atoms with E-state index in [1.165, 1.54) is 23.8 Å². The van der Waals surface area contributed by atoms with Crippen LogP contribution in [0.15, 0.2) is 53.4 Å². The van der Waals surface area contributed by atoms with E-state index in [9.17, 15) is 18.5 Å². The van der Waals surface area contributed by atoms with Crippen molar-refractivity contribution in [2.45, 2.75) is 30.7 Å². The van der Waals surface area contributed by atoms with E-state index in [0.29, 0.717) is 5.92 Å². The number of nitrogens with zero attached hydrogens (tertiary/aromatic N) is 1. The highest BCUT2D eigenvalue weighted by Gasteiger charge is 2.19. The fourth-order valence-corrected chi connectivity index (χ4v) is 3.39. The molecule has 1 unspecified atom stereocenters. The zero-order valence-electron chi connectivity index (χ0n) is 14.0. The first kappa shape index (κ1) is 19.0. The zero-order valence-corrected chi connectivity index (χ0v) is 14.9. The Morgan fingerprint density at radius 2 is 1.72 bits per heavy atom. The lowest BCUT2D eigenvalue weighted by Gasteiger charge is -2.15. The maximum absolute atomic E-state index is 12.3. The standard InChI is InChI=1S/C17H21N3O4S/c1-12(2)13-6-8-14(9-7-13)17(18)11-19-25(23,24)16-5-3-4-15(10-16)20(21)22/h3-10,12,17,19H,11,18H2,1-2H3. The van der Waals surface area contributed by atoms with E-state index < -0.39 is 21.0 Å². The van der Waals surface area contributed by atoms with Gasteiger partial charge in [0.15, 0.2) is 0 Å². The third kappa shape index (κ3) is 4.85. The Balaban J connectivity index is 2.08. The first-order valence-corrected chi connectivity index (χ1v) is 9.28. The van der Waals surface area contributed by atoms with Crippen molar-refractivity contribution in [3.8, 4) is 0 Å². The fraction of sp³-hybridized carbons (Fsp3) is 0.294. The third-order valence-corrected chi connectivity index (χ3v) is 5.28.